The van der Waals surface area contributed by atoms with E-state index in [9.17, 15) is 9.90 Å². The van der Waals surface area contributed by atoms with Gasteiger partial charge in [-0.2, -0.15) is 0 Å². The molecule has 0 aliphatic carbocycles. The first-order valence-corrected chi connectivity index (χ1v) is 8.08. The number of anilines is 1. The molecule has 0 spiro atoms. The summed E-state index contributed by atoms with van der Waals surface area (Å²) in [6, 6.07) is 9.46. The number of hydrogen-bond acceptors (Lipinski definition) is 6. The highest BCUT2D eigenvalue weighted by Gasteiger charge is 2.12. The van der Waals surface area contributed by atoms with Gasteiger partial charge in [-0.3, -0.25) is 4.79 Å². The van der Waals surface area contributed by atoms with Crippen LogP contribution in [-0.4, -0.2) is 50.1 Å². The highest BCUT2D eigenvalue weighted by atomic mass is 16.3. The molecule has 0 unspecified atom stereocenters. The predicted octanol–water partition coefficient (Wildman–Crippen LogP) is 0.875. The summed E-state index contributed by atoms with van der Waals surface area (Å²) >= 11 is 0. The second-order valence-corrected chi connectivity index (χ2v) is 5.64. The Labute approximate surface area is 144 Å². The minimum absolute atomic E-state index is 0.102. The van der Waals surface area contributed by atoms with Crippen LogP contribution in [0.3, 0.4) is 0 Å². The number of amides is 1. The second kappa shape index (κ2) is 8.20. The lowest BCUT2D eigenvalue weighted by molar-refractivity contribution is -0.121. The molecule has 25 heavy (non-hydrogen) atoms. The molecule has 8 heteroatoms. The maximum Gasteiger partial charge on any atom is 0.222 e. The molecular formula is C17H20N6O2. The summed E-state index contributed by atoms with van der Waals surface area (Å²) in [5.41, 5.74) is 2.35. The Morgan fingerprint density at radius 1 is 1.20 bits per heavy atom. The number of rotatable bonds is 8. The zero-order chi connectivity index (χ0) is 17.5. The van der Waals surface area contributed by atoms with Crippen molar-refractivity contribution in [3.63, 3.8) is 0 Å². The molecule has 2 heterocycles. The maximum atomic E-state index is 12.1. The molecule has 0 fully saturated rings. The molecule has 1 aromatic carbocycles. The number of carbonyl (C=O) groups excluding carboxylic acids is 1. The van der Waals surface area contributed by atoms with Crippen LogP contribution in [0, 0.1) is 0 Å². The Bertz CT molecular complexity index is 820. The molecule has 0 bridgehead atoms. The molecule has 2 aromatic heterocycles. The van der Waals surface area contributed by atoms with E-state index in [1.54, 1.807) is 6.33 Å². The molecular weight excluding hydrogens is 320 g/mol. The van der Waals surface area contributed by atoms with Gasteiger partial charge in [-0.1, -0.05) is 30.3 Å². The lowest BCUT2D eigenvalue weighted by Crippen LogP contribution is -2.39. The number of fused-ring (bicyclic) bond motifs is 1. The smallest absolute Gasteiger partial charge is 0.222 e. The van der Waals surface area contributed by atoms with E-state index >= 15 is 0 Å². The molecule has 0 aliphatic rings. The molecule has 1 atom stereocenters. The Kier molecular flexibility index (Phi) is 5.53. The van der Waals surface area contributed by atoms with Crippen LogP contribution in [0.1, 0.15) is 12.0 Å². The molecule has 3 rings (SSSR count). The van der Waals surface area contributed by atoms with Gasteiger partial charge in [0.2, 0.25) is 5.91 Å². The molecule has 1 amide bonds. The molecule has 8 nitrogen and oxygen atoms in total. The van der Waals surface area contributed by atoms with Crippen molar-refractivity contribution in [3.8, 4) is 0 Å². The zero-order valence-electron chi connectivity index (χ0n) is 13.6. The zero-order valence-corrected chi connectivity index (χ0v) is 13.6. The Balaban J connectivity index is 1.48. The Morgan fingerprint density at radius 3 is 2.84 bits per heavy atom. The van der Waals surface area contributed by atoms with Gasteiger partial charge in [0.05, 0.1) is 19.0 Å². The third-order valence-electron chi connectivity index (χ3n) is 3.78. The lowest BCUT2D eigenvalue weighted by Gasteiger charge is -2.16. The predicted molar refractivity (Wildman–Crippen MR) is 94.0 cm³/mol. The average molecular weight is 340 g/mol. The number of aromatic amines is 1. The van der Waals surface area contributed by atoms with Crippen molar-refractivity contribution in [1.29, 1.82) is 0 Å². The summed E-state index contributed by atoms with van der Waals surface area (Å²) in [4.78, 5) is 27.3. The summed E-state index contributed by atoms with van der Waals surface area (Å²) in [6.45, 7) is 0.315. The second-order valence-electron chi connectivity index (χ2n) is 5.64. The number of imidazole rings is 1. The van der Waals surface area contributed by atoms with Crippen molar-refractivity contribution in [2.24, 2.45) is 0 Å². The van der Waals surface area contributed by atoms with Crippen molar-refractivity contribution in [1.82, 2.24) is 25.3 Å². The van der Waals surface area contributed by atoms with E-state index in [1.807, 2.05) is 30.3 Å². The molecule has 0 saturated heterocycles. The Morgan fingerprint density at radius 2 is 2.04 bits per heavy atom. The van der Waals surface area contributed by atoms with Crippen molar-refractivity contribution < 1.29 is 9.90 Å². The average Bonchev–Trinajstić information content (AvgIpc) is 3.11. The van der Waals surface area contributed by atoms with E-state index in [-0.39, 0.29) is 25.0 Å². The van der Waals surface area contributed by atoms with E-state index < -0.39 is 0 Å². The number of carbonyl (C=O) groups is 1. The van der Waals surface area contributed by atoms with Crippen molar-refractivity contribution in [3.05, 3.63) is 48.5 Å². The minimum atomic E-state index is -0.298. The van der Waals surface area contributed by atoms with Crippen molar-refractivity contribution in [2.75, 3.05) is 18.5 Å². The molecule has 3 aromatic rings. The Hall–Kier alpha value is -3.00. The van der Waals surface area contributed by atoms with Crippen LogP contribution in [0.4, 0.5) is 5.82 Å². The fraction of sp³-hybridized carbons (Fsp3) is 0.294. The molecule has 4 N–H and O–H groups in total. The van der Waals surface area contributed by atoms with E-state index in [0.29, 0.717) is 29.9 Å². The quantitative estimate of drug-likeness (QED) is 0.484. The van der Waals surface area contributed by atoms with Crippen LogP contribution in [0.5, 0.6) is 0 Å². The van der Waals surface area contributed by atoms with Gasteiger partial charge in [-0.15, -0.1) is 0 Å². The molecule has 0 saturated carbocycles. The number of aliphatic hydroxyl groups is 1. The van der Waals surface area contributed by atoms with E-state index in [0.717, 1.165) is 5.56 Å². The topological polar surface area (TPSA) is 116 Å². The number of benzene rings is 1. The van der Waals surface area contributed by atoms with Crippen LogP contribution in [0.25, 0.3) is 11.2 Å². The first-order valence-electron chi connectivity index (χ1n) is 8.08. The molecule has 0 aliphatic heterocycles. The van der Waals surface area contributed by atoms with Gasteiger partial charge in [-0.05, 0) is 12.0 Å². The minimum Gasteiger partial charge on any atom is -0.394 e. The normalized spacial score (nSPS) is 12.0. The first-order chi connectivity index (χ1) is 12.3. The SMILES string of the molecule is O=C(CCNc1ncnc2nc[nH]c12)N[C@H](CO)Cc1ccccc1. The van der Waals surface area contributed by atoms with Crippen LogP contribution < -0.4 is 10.6 Å². The standard InChI is InChI=1S/C17H20N6O2/c24-9-13(8-12-4-2-1-3-5-12)23-14(25)6-7-18-16-15-17(20-10-19-15)22-11-21-16/h1-5,10-11,13,24H,6-9H2,(H,23,25)(H2,18,19,20,21,22)/t13-/m0/s1. The molecule has 0 radical (unpaired) electrons. The third kappa shape index (κ3) is 4.51. The largest absolute Gasteiger partial charge is 0.394 e. The number of aromatic nitrogens is 4. The van der Waals surface area contributed by atoms with Gasteiger partial charge in [-0.25, -0.2) is 15.0 Å². The van der Waals surface area contributed by atoms with Crippen LogP contribution in [0.2, 0.25) is 0 Å². The maximum absolute atomic E-state index is 12.1. The van der Waals surface area contributed by atoms with E-state index in [4.69, 9.17) is 0 Å². The van der Waals surface area contributed by atoms with Gasteiger partial charge < -0.3 is 20.7 Å². The van der Waals surface area contributed by atoms with E-state index in [1.165, 1.54) is 6.33 Å². The van der Waals surface area contributed by atoms with Gasteiger partial charge >= 0.3 is 0 Å². The van der Waals surface area contributed by atoms with Crippen LogP contribution in [0.15, 0.2) is 43.0 Å². The third-order valence-corrected chi connectivity index (χ3v) is 3.78. The van der Waals surface area contributed by atoms with Crippen LogP contribution >= 0.6 is 0 Å². The first kappa shape index (κ1) is 16.8. The lowest BCUT2D eigenvalue weighted by atomic mass is 10.1. The van der Waals surface area contributed by atoms with Crippen LogP contribution in [-0.2, 0) is 11.2 Å². The number of aliphatic hydroxyl groups excluding tert-OH is 1. The summed E-state index contributed by atoms with van der Waals surface area (Å²) in [5.74, 6) is 0.482. The van der Waals surface area contributed by atoms with Gasteiger partial charge in [0.25, 0.3) is 0 Å². The summed E-state index contributed by atoms with van der Waals surface area (Å²) < 4.78 is 0. The van der Waals surface area contributed by atoms with E-state index in [2.05, 4.69) is 30.6 Å². The fourth-order valence-corrected chi connectivity index (χ4v) is 2.55. The number of H-pyrrole nitrogens is 1. The molecule has 130 valence electrons. The van der Waals surface area contributed by atoms with Gasteiger partial charge in [0.15, 0.2) is 11.5 Å². The highest BCUT2D eigenvalue weighted by molar-refractivity contribution is 5.82. The number of hydrogen-bond donors (Lipinski definition) is 4. The monoisotopic (exact) mass is 340 g/mol. The summed E-state index contributed by atoms with van der Waals surface area (Å²) in [5, 5.41) is 15.4. The number of nitrogens with one attached hydrogen (secondary N) is 3. The number of nitrogens with zero attached hydrogens (tertiary/aromatic N) is 3. The summed E-state index contributed by atoms with van der Waals surface area (Å²) in [7, 11) is 0. The fourth-order valence-electron chi connectivity index (χ4n) is 2.55. The van der Waals surface area contributed by atoms with Crippen molar-refractivity contribution in [2.45, 2.75) is 18.9 Å². The van der Waals surface area contributed by atoms with Crippen molar-refractivity contribution >= 4 is 22.9 Å². The van der Waals surface area contributed by atoms with Gasteiger partial charge in [0, 0.05) is 13.0 Å². The highest BCUT2D eigenvalue weighted by Crippen LogP contribution is 2.13. The summed E-state index contributed by atoms with van der Waals surface area (Å²) in [6.07, 6.45) is 3.84. The van der Waals surface area contributed by atoms with Gasteiger partial charge in [0.1, 0.15) is 11.8 Å².